The van der Waals surface area contributed by atoms with Gasteiger partial charge in [-0.15, -0.1) is 0 Å². The summed E-state index contributed by atoms with van der Waals surface area (Å²) in [6.07, 6.45) is -0.817. The second-order valence-corrected chi connectivity index (χ2v) is 6.15. The fourth-order valence-electron chi connectivity index (χ4n) is 1.70. The van der Waals surface area contributed by atoms with E-state index in [1.54, 1.807) is 18.2 Å². The minimum Gasteiger partial charge on any atom is -0.481 e. The largest absolute Gasteiger partial charge is 0.481 e. The van der Waals surface area contributed by atoms with Gasteiger partial charge in [-0.1, -0.05) is 23.7 Å². The van der Waals surface area contributed by atoms with Crippen molar-refractivity contribution >= 4 is 43.5 Å². The Morgan fingerprint density at radius 2 is 1.85 bits per heavy atom. The van der Waals surface area contributed by atoms with Crippen LogP contribution in [-0.4, -0.2) is 11.7 Å². The zero-order chi connectivity index (χ0) is 14.7. The highest BCUT2D eigenvalue weighted by molar-refractivity contribution is 9.11. The molecular weight excluding hydrogens is 414 g/mol. The lowest BCUT2D eigenvalue weighted by molar-refractivity contribution is 0.112. The van der Waals surface area contributed by atoms with Crippen LogP contribution in [0.15, 0.2) is 45.3 Å². The number of ether oxygens (including phenoxy) is 1. The summed E-state index contributed by atoms with van der Waals surface area (Å²) >= 11 is 12.4. The maximum Gasteiger partial charge on any atom is 0.150 e. The summed E-state index contributed by atoms with van der Waals surface area (Å²) in [6, 6.07) is 9.68. The molecule has 0 saturated carbocycles. The molecule has 2 rings (SSSR count). The minimum atomic E-state index is -0.817. The molecule has 0 aliphatic carbocycles. The number of benzene rings is 2. The zero-order valence-electron chi connectivity index (χ0n) is 10.1. The fraction of sp³-hybridized carbons (Fsp3) is 0.143. The molecule has 2 aromatic rings. The Bertz CT molecular complexity index is 602. The number of halogens is 4. The monoisotopic (exact) mass is 422 g/mol. The van der Waals surface area contributed by atoms with Crippen molar-refractivity contribution in [3.63, 3.8) is 0 Å². The normalized spacial score (nSPS) is 12.2. The van der Waals surface area contributed by atoms with E-state index in [9.17, 15) is 9.50 Å². The smallest absolute Gasteiger partial charge is 0.150 e. The van der Waals surface area contributed by atoms with Crippen LogP contribution >= 0.6 is 43.5 Å². The Kier molecular flexibility index (Phi) is 5.43. The Labute approximate surface area is 137 Å². The summed E-state index contributed by atoms with van der Waals surface area (Å²) in [5.74, 6) is -0.0133. The number of hydrogen-bond acceptors (Lipinski definition) is 2. The molecule has 1 atom stereocenters. The summed E-state index contributed by atoms with van der Waals surface area (Å²) in [6.45, 7) is -0.355. The van der Waals surface area contributed by atoms with Gasteiger partial charge in [0.05, 0.1) is 15.6 Å². The molecule has 2 nitrogen and oxygen atoms in total. The van der Waals surface area contributed by atoms with Crippen molar-refractivity contribution in [1.82, 2.24) is 0 Å². The molecular formula is C14H10Br2ClFO2. The van der Waals surface area contributed by atoms with Crippen molar-refractivity contribution in [2.75, 3.05) is 6.61 Å². The summed E-state index contributed by atoms with van der Waals surface area (Å²) in [5, 5.41) is 9.76. The highest BCUT2D eigenvalue weighted by Crippen LogP contribution is 2.36. The maximum atomic E-state index is 13.9. The van der Waals surface area contributed by atoms with Crippen molar-refractivity contribution in [3.05, 3.63) is 61.7 Å². The molecule has 0 aromatic heterocycles. The van der Waals surface area contributed by atoms with Crippen molar-refractivity contribution in [1.29, 1.82) is 0 Å². The molecule has 0 spiro atoms. The fourth-order valence-corrected chi connectivity index (χ4v) is 3.04. The van der Waals surface area contributed by atoms with Gasteiger partial charge in [0.2, 0.25) is 0 Å². The predicted octanol–water partition coefficient (Wildman–Crippen LogP) is 5.12. The van der Waals surface area contributed by atoms with E-state index in [0.29, 0.717) is 19.7 Å². The third-order valence-corrected chi connectivity index (χ3v) is 4.14. The Morgan fingerprint density at radius 3 is 2.40 bits per heavy atom. The lowest BCUT2D eigenvalue weighted by Crippen LogP contribution is -2.14. The Balaban J connectivity index is 2.34. The van der Waals surface area contributed by atoms with E-state index in [1.807, 2.05) is 6.07 Å². The third kappa shape index (κ3) is 3.52. The lowest BCUT2D eigenvalue weighted by Gasteiger charge is -2.20. The number of aliphatic hydroxyl groups excluding tert-OH is 1. The summed E-state index contributed by atoms with van der Waals surface area (Å²) < 4.78 is 21.0. The van der Waals surface area contributed by atoms with E-state index in [1.165, 1.54) is 12.1 Å². The third-order valence-electron chi connectivity index (χ3n) is 2.65. The minimum absolute atomic E-state index is 0.250. The van der Waals surface area contributed by atoms with Crippen LogP contribution in [-0.2, 0) is 0 Å². The van der Waals surface area contributed by atoms with Crippen LogP contribution in [0.25, 0.3) is 0 Å². The highest BCUT2D eigenvalue weighted by Gasteiger charge is 2.19. The van der Waals surface area contributed by atoms with E-state index in [0.717, 1.165) is 0 Å². The molecule has 106 valence electrons. The molecule has 20 heavy (non-hydrogen) atoms. The molecule has 1 unspecified atom stereocenters. The molecule has 0 radical (unpaired) electrons. The van der Waals surface area contributed by atoms with Gasteiger partial charge in [-0.2, -0.15) is 0 Å². The van der Waals surface area contributed by atoms with Gasteiger partial charge in [-0.3, -0.25) is 0 Å². The Hall–Kier alpha value is -0.620. The average molecular weight is 424 g/mol. The van der Waals surface area contributed by atoms with Crippen LogP contribution in [0.2, 0.25) is 5.02 Å². The summed E-state index contributed by atoms with van der Waals surface area (Å²) in [5.41, 5.74) is 0.250. The number of hydrogen-bond donors (Lipinski definition) is 1. The SMILES string of the molecule is OCC(Oc1c(Br)cccc1Br)c1ccc(Cl)cc1F. The van der Waals surface area contributed by atoms with Crippen molar-refractivity contribution in [2.24, 2.45) is 0 Å². The first-order chi connectivity index (χ1) is 9.52. The molecule has 2 aromatic carbocycles. The van der Waals surface area contributed by atoms with E-state index >= 15 is 0 Å². The van der Waals surface area contributed by atoms with Gasteiger partial charge in [-0.05, 0) is 56.1 Å². The van der Waals surface area contributed by atoms with Gasteiger partial charge in [-0.25, -0.2) is 4.39 Å². The van der Waals surface area contributed by atoms with Crippen molar-refractivity contribution in [2.45, 2.75) is 6.10 Å². The van der Waals surface area contributed by atoms with Gasteiger partial charge in [0.15, 0.2) is 0 Å². The topological polar surface area (TPSA) is 29.5 Å². The first-order valence-electron chi connectivity index (χ1n) is 5.69. The lowest BCUT2D eigenvalue weighted by atomic mass is 10.1. The zero-order valence-corrected chi connectivity index (χ0v) is 14.0. The predicted molar refractivity (Wildman–Crippen MR) is 83.7 cm³/mol. The molecule has 0 fully saturated rings. The highest BCUT2D eigenvalue weighted by atomic mass is 79.9. The number of para-hydroxylation sites is 1. The molecule has 6 heteroatoms. The first-order valence-corrected chi connectivity index (χ1v) is 7.65. The molecule has 0 saturated heterocycles. The van der Waals surface area contributed by atoms with Gasteiger partial charge < -0.3 is 9.84 Å². The second-order valence-electron chi connectivity index (χ2n) is 4.01. The van der Waals surface area contributed by atoms with E-state index in [2.05, 4.69) is 31.9 Å². The van der Waals surface area contributed by atoms with Crippen molar-refractivity contribution in [3.8, 4) is 5.75 Å². The molecule has 0 heterocycles. The van der Waals surface area contributed by atoms with Crippen LogP contribution < -0.4 is 4.74 Å². The van der Waals surface area contributed by atoms with Crippen LogP contribution in [0.1, 0.15) is 11.7 Å². The van der Waals surface area contributed by atoms with Gasteiger partial charge in [0, 0.05) is 10.6 Å². The Morgan fingerprint density at radius 1 is 1.20 bits per heavy atom. The van der Waals surface area contributed by atoms with Gasteiger partial charge in [0.1, 0.15) is 17.7 Å². The molecule has 1 N–H and O–H groups in total. The van der Waals surface area contributed by atoms with Gasteiger partial charge in [0.25, 0.3) is 0 Å². The molecule has 0 bridgehead atoms. The van der Waals surface area contributed by atoms with Gasteiger partial charge >= 0.3 is 0 Å². The average Bonchev–Trinajstić information content (AvgIpc) is 2.40. The molecule has 0 aliphatic rings. The maximum absolute atomic E-state index is 13.9. The van der Waals surface area contributed by atoms with E-state index < -0.39 is 11.9 Å². The van der Waals surface area contributed by atoms with E-state index in [4.69, 9.17) is 16.3 Å². The molecule has 0 amide bonds. The second kappa shape index (κ2) is 6.89. The van der Waals surface area contributed by atoms with Crippen molar-refractivity contribution < 1.29 is 14.2 Å². The van der Waals surface area contributed by atoms with E-state index in [-0.39, 0.29) is 12.2 Å². The standard InChI is InChI=1S/C14H10Br2ClFO2/c15-10-2-1-3-11(16)14(10)20-13(7-19)9-5-4-8(17)6-12(9)18/h1-6,13,19H,7H2. The quantitative estimate of drug-likeness (QED) is 0.739. The van der Waals surface area contributed by atoms with Crippen LogP contribution in [0, 0.1) is 5.82 Å². The number of aliphatic hydroxyl groups is 1. The van der Waals surface area contributed by atoms with Crippen LogP contribution in [0.5, 0.6) is 5.75 Å². The number of rotatable bonds is 4. The first kappa shape index (κ1) is 15.8. The molecule has 0 aliphatic heterocycles. The van der Waals surface area contributed by atoms with Crippen LogP contribution in [0.4, 0.5) is 4.39 Å². The summed E-state index contributed by atoms with van der Waals surface area (Å²) in [7, 11) is 0. The van der Waals surface area contributed by atoms with Crippen LogP contribution in [0.3, 0.4) is 0 Å². The summed E-state index contributed by atoms with van der Waals surface area (Å²) in [4.78, 5) is 0.